The lowest BCUT2D eigenvalue weighted by Gasteiger charge is -1.97. The summed E-state index contributed by atoms with van der Waals surface area (Å²) in [5.41, 5.74) is -0.383. The molecule has 13 heavy (non-hydrogen) atoms. The van der Waals surface area contributed by atoms with E-state index in [0.717, 1.165) is 12.1 Å². The molecule has 0 aliphatic carbocycles. The maximum Gasteiger partial charge on any atom is 0.286 e. The van der Waals surface area contributed by atoms with E-state index in [0.29, 0.717) is 11.8 Å². The average molecular weight is 198 g/mol. The number of nitrogens with zero attached hydrogens (tertiary/aromatic N) is 2. The second-order valence-electron chi connectivity index (χ2n) is 2.04. The molecule has 0 bridgehead atoms. The van der Waals surface area contributed by atoms with Gasteiger partial charge in [0.05, 0.1) is 4.92 Å². The van der Waals surface area contributed by atoms with Gasteiger partial charge in [-0.3, -0.25) is 10.1 Å². The monoisotopic (exact) mass is 198 g/mol. The van der Waals surface area contributed by atoms with E-state index in [1.54, 1.807) is 5.40 Å². The third kappa shape index (κ3) is 1.95. The van der Waals surface area contributed by atoms with Crippen LogP contribution in [0.4, 0.5) is 10.1 Å². The summed E-state index contributed by atoms with van der Waals surface area (Å²) in [7, 11) is 0. The summed E-state index contributed by atoms with van der Waals surface area (Å²) in [5.74, 6) is -0.749. The molecule has 0 N–H and O–H groups in total. The molecule has 0 aliphatic rings. The summed E-state index contributed by atoms with van der Waals surface area (Å²) in [4.78, 5) is 9.40. The summed E-state index contributed by atoms with van der Waals surface area (Å²) in [5, 5.41) is 20.2. The third-order valence-electron chi connectivity index (χ3n) is 1.29. The van der Waals surface area contributed by atoms with E-state index in [1.165, 1.54) is 6.07 Å². The minimum Gasteiger partial charge on any atom is -0.258 e. The molecule has 0 aliphatic heterocycles. The highest BCUT2D eigenvalue weighted by Crippen LogP contribution is 2.30. The van der Waals surface area contributed by atoms with Crippen molar-refractivity contribution in [3.05, 3.63) is 34.1 Å². The van der Waals surface area contributed by atoms with E-state index in [1.807, 2.05) is 0 Å². The highest BCUT2D eigenvalue weighted by Gasteiger charge is 2.17. The highest BCUT2D eigenvalue weighted by molar-refractivity contribution is 8.03. The predicted molar refractivity (Wildman–Crippen MR) is 44.5 cm³/mol. The number of nitriles is 1. The van der Waals surface area contributed by atoms with Crippen molar-refractivity contribution in [2.24, 2.45) is 0 Å². The van der Waals surface area contributed by atoms with Crippen molar-refractivity contribution >= 4 is 17.4 Å². The third-order valence-corrected chi connectivity index (χ3v) is 1.99. The topological polar surface area (TPSA) is 66.9 Å². The van der Waals surface area contributed by atoms with E-state index in [4.69, 9.17) is 5.26 Å². The van der Waals surface area contributed by atoms with Crippen LogP contribution in [0.5, 0.6) is 0 Å². The average Bonchev–Trinajstić information content (AvgIpc) is 2.08. The maximum atomic E-state index is 12.9. The molecule has 0 spiro atoms. The van der Waals surface area contributed by atoms with Gasteiger partial charge in [-0.05, 0) is 6.07 Å². The molecule has 66 valence electrons. The summed E-state index contributed by atoms with van der Waals surface area (Å²) in [6.45, 7) is 0. The molecule has 0 amide bonds. The molecule has 1 aromatic rings. The number of nitro groups is 1. The molecule has 4 nitrogen and oxygen atoms in total. The second kappa shape index (κ2) is 3.87. The quantitative estimate of drug-likeness (QED) is 0.316. The first kappa shape index (κ1) is 9.48. The van der Waals surface area contributed by atoms with Gasteiger partial charge >= 0.3 is 0 Å². The van der Waals surface area contributed by atoms with Gasteiger partial charge in [-0.1, -0.05) is 6.07 Å². The molecule has 6 heteroatoms. The molecule has 0 heterocycles. The Morgan fingerprint density at radius 2 is 2.31 bits per heavy atom. The van der Waals surface area contributed by atoms with E-state index < -0.39 is 10.7 Å². The first-order valence-electron chi connectivity index (χ1n) is 3.15. The van der Waals surface area contributed by atoms with Gasteiger partial charge in [-0.25, -0.2) is 4.39 Å². The minimum absolute atomic E-state index is 0.241. The molecule has 0 radical (unpaired) electrons. The SMILES string of the molecule is N#CSc1c(F)cccc1[N+](=O)[O-]. The van der Waals surface area contributed by atoms with E-state index in [-0.39, 0.29) is 10.6 Å². The van der Waals surface area contributed by atoms with Crippen LogP contribution in [0.15, 0.2) is 23.1 Å². The van der Waals surface area contributed by atoms with Crippen LogP contribution in [0.2, 0.25) is 0 Å². The first-order chi connectivity index (χ1) is 6.16. The van der Waals surface area contributed by atoms with E-state index >= 15 is 0 Å². The normalized spacial score (nSPS) is 9.23. The summed E-state index contributed by atoms with van der Waals surface area (Å²) in [6, 6.07) is 3.46. The van der Waals surface area contributed by atoms with Gasteiger partial charge < -0.3 is 0 Å². The van der Waals surface area contributed by atoms with Crippen molar-refractivity contribution in [3.8, 4) is 5.40 Å². The molecule has 0 atom stereocenters. The Morgan fingerprint density at radius 1 is 1.62 bits per heavy atom. The van der Waals surface area contributed by atoms with Crippen LogP contribution >= 0.6 is 11.8 Å². The van der Waals surface area contributed by atoms with Crippen LogP contribution in [0.3, 0.4) is 0 Å². The van der Waals surface area contributed by atoms with Crippen LogP contribution in [0.1, 0.15) is 0 Å². The molecular weight excluding hydrogens is 195 g/mol. The van der Waals surface area contributed by atoms with Crippen molar-refractivity contribution < 1.29 is 9.31 Å². The van der Waals surface area contributed by atoms with Gasteiger partial charge in [-0.15, -0.1) is 0 Å². The van der Waals surface area contributed by atoms with E-state index in [2.05, 4.69) is 0 Å². The van der Waals surface area contributed by atoms with Gasteiger partial charge in [0.15, 0.2) is 0 Å². The van der Waals surface area contributed by atoms with Crippen LogP contribution < -0.4 is 0 Å². The number of rotatable bonds is 2. The summed E-state index contributed by atoms with van der Waals surface area (Å²) in [6.07, 6.45) is 0. The second-order valence-corrected chi connectivity index (χ2v) is 2.83. The van der Waals surface area contributed by atoms with Crippen molar-refractivity contribution in [2.75, 3.05) is 0 Å². The molecule has 1 aromatic carbocycles. The standard InChI is InChI=1S/C7H3FN2O2S/c8-5-2-1-3-6(10(11)12)7(5)13-4-9/h1-3H. The van der Waals surface area contributed by atoms with Crippen LogP contribution in [-0.4, -0.2) is 4.92 Å². The molecule has 0 saturated heterocycles. The Balaban J connectivity index is 3.27. The Hall–Kier alpha value is -1.61. The lowest BCUT2D eigenvalue weighted by atomic mass is 10.3. The molecular formula is C7H3FN2O2S. The molecule has 0 aromatic heterocycles. The fourth-order valence-corrected chi connectivity index (χ4v) is 1.29. The van der Waals surface area contributed by atoms with Crippen LogP contribution in [0.25, 0.3) is 0 Å². The van der Waals surface area contributed by atoms with Gasteiger partial charge in [0.25, 0.3) is 5.69 Å². The summed E-state index contributed by atoms with van der Waals surface area (Å²) >= 11 is 0.446. The number of thioether (sulfide) groups is 1. The van der Waals surface area contributed by atoms with Crippen molar-refractivity contribution in [3.63, 3.8) is 0 Å². The fourth-order valence-electron chi connectivity index (χ4n) is 0.788. The number of halogens is 1. The Bertz CT molecular complexity index is 389. The fraction of sp³-hybridized carbons (Fsp3) is 0. The highest BCUT2D eigenvalue weighted by atomic mass is 32.2. The van der Waals surface area contributed by atoms with Crippen molar-refractivity contribution in [2.45, 2.75) is 4.90 Å². The molecule has 0 saturated carbocycles. The zero-order valence-electron chi connectivity index (χ0n) is 6.23. The zero-order valence-corrected chi connectivity index (χ0v) is 7.05. The van der Waals surface area contributed by atoms with Crippen LogP contribution in [0, 0.1) is 26.6 Å². The van der Waals surface area contributed by atoms with E-state index in [9.17, 15) is 14.5 Å². The van der Waals surface area contributed by atoms with Gasteiger partial charge in [-0.2, -0.15) is 5.26 Å². The number of hydrogen-bond donors (Lipinski definition) is 0. The molecule has 0 fully saturated rings. The number of hydrogen-bond acceptors (Lipinski definition) is 4. The lowest BCUT2D eigenvalue weighted by molar-refractivity contribution is -0.388. The van der Waals surface area contributed by atoms with Crippen LogP contribution in [-0.2, 0) is 0 Å². The van der Waals surface area contributed by atoms with Crippen molar-refractivity contribution in [1.29, 1.82) is 5.26 Å². The van der Waals surface area contributed by atoms with Crippen molar-refractivity contribution in [1.82, 2.24) is 0 Å². The predicted octanol–water partition coefficient (Wildman–Crippen LogP) is 2.31. The zero-order chi connectivity index (χ0) is 9.84. The largest absolute Gasteiger partial charge is 0.286 e. The number of nitro benzene ring substituents is 1. The Labute approximate surface area is 77.1 Å². The number of thiocyanates is 1. The smallest absolute Gasteiger partial charge is 0.258 e. The minimum atomic E-state index is -0.749. The Morgan fingerprint density at radius 3 is 2.85 bits per heavy atom. The van der Waals surface area contributed by atoms with Gasteiger partial charge in [0.2, 0.25) is 0 Å². The van der Waals surface area contributed by atoms with Gasteiger partial charge in [0.1, 0.15) is 16.1 Å². The molecule has 0 unspecified atom stereocenters. The number of benzene rings is 1. The molecule has 1 rings (SSSR count). The Kier molecular flexibility index (Phi) is 2.82. The summed E-state index contributed by atoms with van der Waals surface area (Å²) < 4.78 is 12.9. The first-order valence-corrected chi connectivity index (χ1v) is 3.97. The lowest BCUT2D eigenvalue weighted by Crippen LogP contribution is -1.92. The van der Waals surface area contributed by atoms with Gasteiger partial charge in [0, 0.05) is 17.8 Å². The maximum absolute atomic E-state index is 12.9.